The Hall–Kier alpha value is -3.70. The molecule has 0 bridgehead atoms. The van der Waals surface area contributed by atoms with Crippen molar-refractivity contribution in [2.75, 3.05) is 10.6 Å². The third-order valence-electron chi connectivity index (χ3n) is 4.17. The molecule has 0 saturated heterocycles. The summed E-state index contributed by atoms with van der Waals surface area (Å²) in [6, 6.07) is 14.3. The molecule has 0 aliphatic heterocycles. The Bertz CT molecular complexity index is 1200. The second kappa shape index (κ2) is 8.35. The number of phenolic OH excluding ortho intramolecular Hbond substituents is 1. The first-order valence-corrected chi connectivity index (χ1v) is 8.84. The van der Waals surface area contributed by atoms with Crippen molar-refractivity contribution in [1.29, 1.82) is 5.26 Å². The molecule has 3 aromatic rings. The molecule has 0 aromatic heterocycles. The van der Waals surface area contributed by atoms with Crippen molar-refractivity contribution in [2.45, 2.75) is 6.18 Å². The number of rotatable bonds is 4. The van der Waals surface area contributed by atoms with Gasteiger partial charge in [0.15, 0.2) is 0 Å². The van der Waals surface area contributed by atoms with Crippen LogP contribution in [0.2, 0.25) is 5.02 Å². The van der Waals surface area contributed by atoms with E-state index in [0.717, 1.165) is 18.3 Å². The van der Waals surface area contributed by atoms with Crippen molar-refractivity contribution in [3.8, 4) is 11.8 Å². The number of aromatic hydroxyl groups is 1. The lowest BCUT2D eigenvalue weighted by atomic mass is 10.1. The smallest absolute Gasteiger partial charge is 0.418 e. The standard InChI is InChI=1S/C21H13ClF3N3O2/c22-13-7-8-18(16(9-13)21(23,24)25)27-11-12(10-26)20(30)28-17-5-1-4-15-14(17)3-2-6-19(15)29/h1-9,11,27,29H,(H,28,30)/b12-11-. The van der Waals surface area contributed by atoms with Gasteiger partial charge in [0, 0.05) is 27.7 Å². The van der Waals surface area contributed by atoms with Crippen LogP contribution < -0.4 is 10.6 Å². The Kier molecular flexibility index (Phi) is 5.85. The van der Waals surface area contributed by atoms with E-state index in [4.69, 9.17) is 11.6 Å². The Morgan fingerprint density at radius 1 is 1.07 bits per heavy atom. The molecule has 1 amide bonds. The van der Waals surface area contributed by atoms with E-state index in [-0.39, 0.29) is 16.5 Å². The maximum Gasteiger partial charge on any atom is 0.418 e. The second-order valence-corrected chi connectivity index (χ2v) is 6.57. The van der Waals surface area contributed by atoms with E-state index in [1.165, 1.54) is 12.1 Å². The van der Waals surface area contributed by atoms with Crippen LogP contribution in [0.5, 0.6) is 5.75 Å². The van der Waals surface area contributed by atoms with Crippen LogP contribution in [0.1, 0.15) is 5.56 Å². The normalized spacial score (nSPS) is 11.8. The highest BCUT2D eigenvalue weighted by molar-refractivity contribution is 6.30. The molecule has 0 radical (unpaired) electrons. The van der Waals surface area contributed by atoms with Crippen molar-refractivity contribution in [1.82, 2.24) is 0 Å². The number of carbonyl (C=O) groups is 1. The molecule has 152 valence electrons. The summed E-state index contributed by atoms with van der Waals surface area (Å²) in [7, 11) is 0. The van der Waals surface area contributed by atoms with Gasteiger partial charge in [-0.15, -0.1) is 0 Å². The van der Waals surface area contributed by atoms with Crippen molar-refractivity contribution in [3.63, 3.8) is 0 Å². The van der Waals surface area contributed by atoms with E-state index in [0.29, 0.717) is 16.5 Å². The van der Waals surface area contributed by atoms with Gasteiger partial charge in [0.1, 0.15) is 17.4 Å². The monoisotopic (exact) mass is 431 g/mol. The van der Waals surface area contributed by atoms with Crippen molar-refractivity contribution in [2.24, 2.45) is 0 Å². The first-order chi connectivity index (χ1) is 14.2. The number of anilines is 2. The lowest BCUT2D eigenvalue weighted by molar-refractivity contribution is -0.136. The minimum atomic E-state index is -4.68. The van der Waals surface area contributed by atoms with Crippen molar-refractivity contribution < 1.29 is 23.1 Å². The molecule has 3 rings (SSSR count). The predicted octanol–water partition coefficient (Wildman–Crippen LogP) is 5.68. The summed E-state index contributed by atoms with van der Waals surface area (Å²) in [5, 5.41) is 25.0. The Morgan fingerprint density at radius 3 is 2.47 bits per heavy atom. The third-order valence-corrected chi connectivity index (χ3v) is 4.41. The highest BCUT2D eigenvalue weighted by Gasteiger charge is 2.33. The molecule has 0 atom stereocenters. The molecule has 0 heterocycles. The SMILES string of the molecule is N#C/C(=C/Nc1ccc(Cl)cc1C(F)(F)F)C(=O)Nc1cccc2c(O)cccc12. The van der Waals surface area contributed by atoms with Crippen LogP contribution in [0.25, 0.3) is 10.8 Å². The fourth-order valence-electron chi connectivity index (χ4n) is 2.77. The minimum absolute atomic E-state index is 0.0173. The third kappa shape index (κ3) is 4.47. The molecule has 5 nitrogen and oxygen atoms in total. The molecule has 0 fully saturated rings. The number of nitriles is 1. The number of amides is 1. The maximum atomic E-state index is 13.2. The predicted molar refractivity (Wildman–Crippen MR) is 108 cm³/mol. The van der Waals surface area contributed by atoms with Crippen LogP contribution in [-0.2, 0) is 11.0 Å². The molecule has 0 saturated carbocycles. The highest BCUT2D eigenvalue weighted by atomic mass is 35.5. The highest BCUT2D eigenvalue weighted by Crippen LogP contribution is 2.36. The van der Waals surface area contributed by atoms with Crippen LogP contribution in [0.4, 0.5) is 24.5 Å². The largest absolute Gasteiger partial charge is 0.507 e. The first kappa shape index (κ1) is 21.0. The van der Waals surface area contributed by atoms with Crippen LogP contribution in [0.15, 0.2) is 66.4 Å². The van der Waals surface area contributed by atoms with E-state index in [1.807, 2.05) is 0 Å². The number of nitrogens with zero attached hydrogens (tertiary/aromatic N) is 1. The molecule has 3 aromatic carbocycles. The van der Waals surface area contributed by atoms with Crippen LogP contribution in [0, 0.1) is 11.3 Å². The van der Waals surface area contributed by atoms with Crippen molar-refractivity contribution in [3.05, 3.63) is 77.0 Å². The molecule has 30 heavy (non-hydrogen) atoms. The van der Waals surface area contributed by atoms with E-state index in [9.17, 15) is 28.3 Å². The van der Waals surface area contributed by atoms with Gasteiger partial charge in [0.25, 0.3) is 5.91 Å². The number of benzene rings is 3. The topological polar surface area (TPSA) is 85.2 Å². The average Bonchev–Trinajstić information content (AvgIpc) is 2.69. The quantitative estimate of drug-likeness (QED) is 0.366. The summed E-state index contributed by atoms with van der Waals surface area (Å²) in [5.74, 6) is -0.813. The zero-order valence-corrected chi connectivity index (χ0v) is 15.8. The molecule has 0 aliphatic carbocycles. The molecule has 9 heteroatoms. The van der Waals surface area contributed by atoms with E-state index >= 15 is 0 Å². The molecule has 0 unspecified atom stereocenters. The lowest BCUT2D eigenvalue weighted by Gasteiger charge is -2.13. The minimum Gasteiger partial charge on any atom is -0.507 e. The summed E-state index contributed by atoms with van der Waals surface area (Å²) >= 11 is 5.63. The number of phenols is 1. The number of hydrogen-bond acceptors (Lipinski definition) is 4. The fourth-order valence-corrected chi connectivity index (χ4v) is 2.94. The van der Waals surface area contributed by atoms with Gasteiger partial charge >= 0.3 is 6.18 Å². The first-order valence-electron chi connectivity index (χ1n) is 8.46. The second-order valence-electron chi connectivity index (χ2n) is 6.13. The van der Waals surface area contributed by atoms with Gasteiger partial charge in [-0.05, 0) is 30.3 Å². The summed E-state index contributed by atoms with van der Waals surface area (Å²) in [5.41, 5.74) is -1.51. The summed E-state index contributed by atoms with van der Waals surface area (Å²) in [6.07, 6.45) is -3.79. The van der Waals surface area contributed by atoms with Gasteiger partial charge in [0.05, 0.1) is 11.3 Å². The molecular weight excluding hydrogens is 419 g/mol. The van der Waals surface area contributed by atoms with Gasteiger partial charge in [-0.3, -0.25) is 4.79 Å². The molecule has 0 spiro atoms. The fraction of sp³-hybridized carbons (Fsp3) is 0.0476. The zero-order valence-electron chi connectivity index (χ0n) is 15.1. The number of fused-ring (bicyclic) bond motifs is 1. The van der Waals surface area contributed by atoms with E-state index < -0.39 is 23.2 Å². The van der Waals surface area contributed by atoms with Crippen LogP contribution in [-0.4, -0.2) is 11.0 Å². The maximum absolute atomic E-state index is 13.2. The van der Waals surface area contributed by atoms with Crippen molar-refractivity contribution >= 4 is 39.7 Å². The Labute approximate surface area is 174 Å². The number of alkyl halides is 3. The van der Waals surface area contributed by atoms with E-state index in [1.54, 1.807) is 36.4 Å². The van der Waals surface area contributed by atoms with Gasteiger partial charge in [0.2, 0.25) is 0 Å². The number of halogens is 4. The van der Waals surface area contributed by atoms with Gasteiger partial charge in [-0.2, -0.15) is 18.4 Å². The van der Waals surface area contributed by atoms with Gasteiger partial charge in [-0.25, -0.2) is 0 Å². The lowest BCUT2D eigenvalue weighted by Crippen LogP contribution is -2.15. The summed E-state index contributed by atoms with van der Waals surface area (Å²) in [4.78, 5) is 12.5. The zero-order chi connectivity index (χ0) is 21.9. The Morgan fingerprint density at radius 2 is 1.77 bits per heavy atom. The number of hydrogen-bond donors (Lipinski definition) is 3. The molecular formula is C21H13ClF3N3O2. The molecule has 3 N–H and O–H groups in total. The van der Waals surface area contributed by atoms with Crippen LogP contribution >= 0.6 is 11.6 Å². The van der Waals surface area contributed by atoms with E-state index in [2.05, 4.69) is 10.6 Å². The molecule has 0 aliphatic rings. The van der Waals surface area contributed by atoms with Crippen LogP contribution in [0.3, 0.4) is 0 Å². The summed E-state index contributed by atoms with van der Waals surface area (Å²) < 4.78 is 39.5. The average molecular weight is 432 g/mol. The summed E-state index contributed by atoms with van der Waals surface area (Å²) in [6.45, 7) is 0. The Balaban J connectivity index is 1.88. The van der Waals surface area contributed by atoms with Gasteiger partial charge < -0.3 is 15.7 Å². The number of carbonyl (C=O) groups excluding carboxylic acids is 1. The number of nitrogens with one attached hydrogen (secondary N) is 2. The van der Waals surface area contributed by atoms with Gasteiger partial charge in [-0.1, -0.05) is 35.9 Å².